The van der Waals surface area contributed by atoms with Crippen molar-refractivity contribution in [2.75, 3.05) is 26.2 Å². The highest BCUT2D eigenvalue weighted by atomic mass is 16.2. The van der Waals surface area contributed by atoms with Crippen molar-refractivity contribution in [3.05, 3.63) is 36.2 Å². The first-order valence-corrected chi connectivity index (χ1v) is 5.79. The summed E-state index contributed by atoms with van der Waals surface area (Å²) in [4.78, 5) is 14.0. The number of amides is 1. The second kappa shape index (κ2) is 4.18. The molecular weight excluding hydrogens is 216 g/mol. The Balaban J connectivity index is 1.89. The van der Waals surface area contributed by atoms with Gasteiger partial charge in [-0.25, -0.2) is 4.52 Å². The summed E-state index contributed by atoms with van der Waals surface area (Å²) in [7, 11) is 0. The van der Waals surface area contributed by atoms with E-state index in [0.717, 1.165) is 31.7 Å². The number of nitrogens with one attached hydrogen (secondary N) is 1. The highest BCUT2D eigenvalue weighted by Gasteiger charge is 2.20. The Bertz CT molecular complexity index is 509. The van der Waals surface area contributed by atoms with Gasteiger partial charge in [-0.1, -0.05) is 6.07 Å². The first-order valence-electron chi connectivity index (χ1n) is 5.79. The number of nitrogens with zero attached hydrogens (tertiary/aromatic N) is 3. The van der Waals surface area contributed by atoms with Gasteiger partial charge in [-0.05, 0) is 18.2 Å². The number of hydrogen-bond acceptors (Lipinski definition) is 3. The molecule has 3 heterocycles. The number of fused-ring (bicyclic) bond motifs is 1. The molecule has 1 fully saturated rings. The molecule has 0 radical (unpaired) electrons. The summed E-state index contributed by atoms with van der Waals surface area (Å²) in [6.45, 7) is 3.23. The third-order valence-electron chi connectivity index (χ3n) is 2.99. The maximum Gasteiger partial charge on any atom is 0.274 e. The van der Waals surface area contributed by atoms with Gasteiger partial charge in [0.2, 0.25) is 0 Å². The largest absolute Gasteiger partial charge is 0.335 e. The summed E-state index contributed by atoms with van der Waals surface area (Å²) in [5.41, 5.74) is 1.48. The molecule has 1 aliphatic heterocycles. The van der Waals surface area contributed by atoms with Crippen molar-refractivity contribution in [2.45, 2.75) is 0 Å². The van der Waals surface area contributed by atoms with E-state index in [9.17, 15) is 4.79 Å². The van der Waals surface area contributed by atoms with E-state index in [1.54, 1.807) is 4.52 Å². The van der Waals surface area contributed by atoms with Gasteiger partial charge in [-0.15, -0.1) is 0 Å². The summed E-state index contributed by atoms with van der Waals surface area (Å²) in [6.07, 6.45) is 1.85. The topological polar surface area (TPSA) is 49.6 Å². The third kappa shape index (κ3) is 1.89. The predicted molar refractivity (Wildman–Crippen MR) is 64.0 cm³/mol. The van der Waals surface area contributed by atoms with E-state index in [0.29, 0.717) is 5.69 Å². The Kier molecular flexibility index (Phi) is 2.53. The molecule has 1 amide bonds. The molecule has 3 rings (SSSR count). The van der Waals surface area contributed by atoms with Gasteiger partial charge in [0, 0.05) is 32.4 Å². The van der Waals surface area contributed by atoms with Crippen LogP contribution < -0.4 is 5.32 Å². The minimum atomic E-state index is 0.0233. The third-order valence-corrected chi connectivity index (χ3v) is 2.99. The van der Waals surface area contributed by atoms with Crippen LogP contribution in [0.1, 0.15) is 10.5 Å². The Hall–Kier alpha value is -1.88. The maximum absolute atomic E-state index is 12.2. The molecule has 5 heteroatoms. The van der Waals surface area contributed by atoms with Gasteiger partial charge in [0.1, 0.15) is 0 Å². The summed E-state index contributed by atoms with van der Waals surface area (Å²) in [5.74, 6) is 0.0233. The van der Waals surface area contributed by atoms with Gasteiger partial charge >= 0.3 is 0 Å². The van der Waals surface area contributed by atoms with E-state index in [4.69, 9.17) is 0 Å². The minimum absolute atomic E-state index is 0.0233. The maximum atomic E-state index is 12.2. The van der Waals surface area contributed by atoms with E-state index in [-0.39, 0.29) is 5.91 Å². The Morgan fingerprint density at radius 2 is 2.12 bits per heavy atom. The lowest BCUT2D eigenvalue weighted by Gasteiger charge is -2.26. The van der Waals surface area contributed by atoms with Crippen LogP contribution in [0.3, 0.4) is 0 Å². The molecule has 5 nitrogen and oxygen atoms in total. The zero-order chi connectivity index (χ0) is 11.7. The quantitative estimate of drug-likeness (QED) is 0.770. The first-order chi connectivity index (χ1) is 8.34. The summed E-state index contributed by atoms with van der Waals surface area (Å²) >= 11 is 0. The van der Waals surface area contributed by atoms with Gasteiger partial charge in [-0.2, -0.15) is 5.10 Å². The molecule has 0 atom stereocenters. The van der Waals surface area contributed by atoms with E-state index in [1.165, 1.54) is 0 Å². The average Bonchev–Trinajstić information content (AvgIpc) is 2.82. The molecule has 1 N–H and O–H groups in total. The fourth-order valence-electron chi connectivity index (χ4n) is 2.07. The number of pyridine rings is 1. The Morgan fingerprint density at radius 1 is 1.29 bits per heavy atom. The van der Waals surface area contributed by atoms with E-state index >= 15 is 0 Å². The zero-order valence-electron chi connectivity index (χ0n) is 9.47. The standard InChI is InChI=1S/C12H14N4O/c17-12(15-7-4-13-5-8-15)11-9-10-3-1-2-6-16(10)14-11/h1-3,6,9,13H,4-5,7-8H2. The van der Waals surface area contributed by atoms with Crippen LogP contribution in [0, 0.1) is 0 Å². The van der Waals surface area contributed by atoms with E-state index in [2.05, 4.69) is 10.4 Å². The molecule has 2 aromatic rings. The second-order valence-electron chi connectivity index (χ2n) is 4.14. The molecule has 17 heavy (non-hydrogen) atoms. The number of carbonyl (C=O) groups excluding carboxylic acids is 1. The van der Waals surface area contributed by atoms with Crippen LogP contribution in [0.15, 0.2) is 30.5 Å². The Morgan fingerprint density at radius 3 is 2.88 bits per heavy atom. The van der Waals surface area contributed by atoms with Crippen molar-refractivity contribution in [1.29, 1.82) is 0 Å². The van der Waals surface area contributed by atoms with Crippen LogP contribution in [0.25, 0.3) is 5.52 Å². The zero-order valence-corrected chi connectivity index (χ0v) is 9.47. The average molecular weight is 230 g/mol. The van der Waals surface area contributed by atoms with Crippen molar-refractivity contribution >= 4 is 11.4 Å². The molecule has 0 aromatic carbocycles. The van der Waals surface area contributed by atoms with Gasteiger partial charge in [-0.3, -0.25) is 4.79 Å². The number of aromatic nitrogens is 2. The lowest BCUT2D eigenvalue weighted by Crippen LogP contribution is -2.46. The molecule has 88 valence electrons. The van der Waals surface area contributed by atoms with Crippen LogP contribution in [0.5, 0.6) is 0 Å². The number of carbonyl (C=O) groups is 1. The van der Waals surface area contributed by atoms with Crippen LogP contribution in [-0.4, -0.2) is 46.6 Å². The normalized spacial score (nSPS) is 16.4. The van der Waals surface area contributed by atoms with Gasteiger partial charge in [0.25, 0.3) is 5.91 Å². The molecule has 1 saturated heterocycles. The molecule has 0 unspecified atom stereocenters. The molecule has 0 aliphatic carbocycles. The molecular formula is C12H14N4O. The van der Waals surface area contributed by atoms with Crippen LogP contribution in [0.4, 0.5) is 0 Å². The van der Waals surface area contributed by atoms with Crippen LogP contribution >= 0.6 is 0 Å². The number of piperazine rings is 1. The van der Waals surface area contributed by atoms with Crippen molar-refractivity contribution < 1.29 is 4.79 Å². The van der Waals surface area contributed by atoms with Crippen LogP contribution in [-0.2, 0) is 0 Å². The first kappa shape index (κ1) is 10.3. The van der Waals surface area contributed by atoms with Gasteiger partial charge in [0.05, 0.1) is 5.52 Å². The van der Waals surface area contributed by atoms with E-state index < -0.39 is 0 Å². The minimum Gasteiger partial charge on any atom is -0.335 e. The van der Waals surface area contributed by atoms with Crippen molar-refractivity contribution in [1.82, 2.24) is 19.8 Å². The van der Waals surface area contributed by atoms with Crippen molar-refractivity contribution in [2.24, 2.45) is 0 Å². The van der Waals surface area contributed by atoms with E-state index in [1.807, 2.05) is 35.4 Å². The van der Waals surface area contributed by atoms with Crippen LogP contribution in [0.2, 0.25) is 0 Å². The molecule has 1 aliphatic rings. The predicted octanol–water partition coefficient (Wildman–Crippen LogP) is 0.380. The van der Waals surface area contributed by atoms with Crippen molar-refractivity contribution in [3.8, 4) is 0 Å². The molecule has 0 spiro atoms. The SMILES string of the molecule is O=C(c1cc2ccccn2n1)N1CCNCC1. The number of hydrogen-bond donors (Lipinski definition) is 1. The lowest BCUT2D eigenvalue weighted by atomic mass is 10.3. The summed E-state index contributed by atoms with van der Waals surface area (Å²) in [5, 5.41) is 7.52. The molecule has 0 bridgehead atoms. The summed E-state index contributed by atoms with van der Waals surface area (Å²) < 4.78 is 1.73. The monoisotopic (exact) mass is 230 g/mol. The molecule has 2 aromatic heterocycles. The van der Waals surface area contributed by atoms with Gasteiger partial charge < -0.3 is 10.2 Å². The fourth-order valence-corrected chi connectivity index (χ4v) is 2.07. The second-order valence-corrected chi connectivity index (χ2v) is 4.14. The Labute approximate surface area is 99.0 Å². The fraction of sp³-hybridized carbons (Fsp3) is 0.333. The van der Waals surface area contributed by atoms with Gasteiger partial charge in [0.15, 0.2) is 5.69 Å². The van der Waals surface area contributed by atoms with Crippen molar-refractivity contribution in [3.63, 3.8) is 0 Å². The molecule has 0 saturated carbocycles. The summed E-state index contributed by atoms with van der Waals surface area (Å²) in [6, 6.07) is 7.63. The smallest absolute Gasteiger partial charge is 0.274 e. The highest BCUT2D eigenvalue weighted by Crippen LogP contribution is 2.09. The highest BCUT2D eigenvalue weighted by molar-refractivity contribution is 5.93. The lowest BCUT2D eigenvalue weighted by molar-refractivity contribution is 0.0729. The number of rotatable bonds is 1.